The number of hydrogen-bond acceptors (Lipinski definition) is 6. The zero-order valence-electron chi connectivity index (χ0n) is 18.1. The van der Waals surface area contributed by atoms with Gasteiger partial charge in [-0.25, -0.2) is 0 Å². The normalized spacial score (nSPS) is 10.6. The van der Waals surface area contributed by atoms with Crippen molar-refractivity contribution in [3.05, 3.63) is 58.0 Å². The van der Waals surface area contributed by atoms with Gasteiger partial charge in [-0.15, -0.1) is 0 Å². The Balaban J connectivity index is 2.27. The van der Waals surface area contributed by atoms with E-state index < -0.39 is 0 Å². The van der Waals surface area contributed by atoms with Gasteiger partial charge in [0.05, 0.1) is 39.4 Å². The molecular weight excluding hydrogens is 384 g/mol. The third-order valence-corrected chi connectivity index (χ3v) is 4.93. The summed E-state index contributed by atoms with van der Waals surface area (Å²) in [5.74, 6) is 2.17. The lowest BCUT2D eigenvalue weighted by molar-refractivity contribution is 0.349. The SMILES string of the molecule is COc1cc(OC)c(-c2coc3c(CC=C(C)C)c(OC)ccc3c2=O)cc1OC. The number of benzene rings is 2. The number of hydrogen-bond donors (Lipinski definition) is 0. The van der Waals surface area contributed by atoms with Crippen LogP contribution in [0.2, 0.25) is 0 Å². The van der Waals surface area contributed by atoms with Crippen molar-refractivity contribution >= 4 is 11.0 Å². The summed E-state index contributed by atoms with van der Waals surface area (Å²) in [5, 5.41) is 0.474. The van der Waals surface area contributed by atoms with Gasteiger partial charge in [0.25, 0.3) is 0 Å². The predicted octanol–water partition coefficient (Wildman–Crippen LogP) is 5.00. The summed E-state index contributed by atoms with van der Waals surface area (Å²) in [6.07, 6.45) is 4.13. The Bertz CT molecular complexity index is 1150. The summed E-state index contributed by atoms with van der Waals surface area (Å²) in [6, 6.07) is 6.92. The number of ether oxygens (including phenoxy) is 4. The zero-order chi connectivity index (χ0) is 21.8. The molecule has 0 saturated heterocycles. The van der Waals surface area contributed by atoms with Gasteiger partial charge in [0, 0.05) is 17.2 Å². The van der Waals surface area contributed by atoms with Gasteiger partial charge in [-0.2, -0.15) is 0 Å². The molecule has 3 aromatic rings. The zero-order valence-corrected chi connectivity index (χ0v) is 18.1. The van der Waals surface area contributed by atoms with Gasteiger partial charge in [0.15, 0.2) is 11.5 Å². The van der Waals surface area contributed by atoms with Crippen LogP contribution < -0.4 is 24.4 Å². The average molecular weight is 410 g/mol. The third kappa shape index (κ3) is 3.85. The lowest BCUT2D eigenvalue weighted by atomic mass is 10.0. The molecule has 0 aliphatic heterocycles. The van der Waals surface area contributed by atoms with Crippen LogP contribution in [0.25, 0.3) is 22.1 Å². The third-order valence-electron chi connectivity index (χ3n) is 4.93. The molecule has 0 bridgehead atoms. The molecular formula is C24H26O6. The molecule has 0 fully saturated rings. The van der Waals surface area contributed by atoms with Crippen LogP contribution in [0, 0.1) is 0 Å². The molecule has 0 unspecified atom stereocenters. The quantitative estimate of drug-likeness (QED) is 0.511. The summed E-state index contributed by atoms with van der Waals surface area (Å²) in [6.45, 7) is 4.05. The summed E-state index contributed by atoms with van der Waals surface area (Å²) in [7, 11) is 6.23. The fourth-order valence-electron chi connectivity index (χ4n) is 3.36. The Morgan fingerprint density at radius 3 is 2.10 bits per heavy atom. The van der Waals surface area contributed by atoms with Crippen molar-refractivity contribution in [3.8, 4) is 34.1 Å². The first-order chi connectivity index (χ1) is 14.4. The topological polar surface area (TPSA) is 67.1 Å². The molecule has 0 aliphatic carbocycles. The molecule has 6 heteroatoms. The van der Waals surface area contributed by atoms with Crippen LogP contribution in [0.15, 0.2) is 51.4 Å². The summed E-state index contributed by atoms with van der Waals surface area (Å²) >= 11 is 0. The molecule has 0 saturated carbocycles. The molecule has 2 aromatic carbocycles. The predicted molar refractivity (Wildman–Crippen MR) is 117 cm³/mol. The maximum atomic E-state index is 13.4. The minimum atomic E-state index is -0.164. The first-order valence-electron chi connectivity index (χ1n) is 9.50. The van der Waals surface area contributed by atoms with E-state index in [0.29, 0.717) is 51.5 Å². The van der Waals surface area contributed by atoms with Gasteiger partial charge in [0.1, 0.15) is 23.3 Å². The van der Waals surface area contributed by atoms with Crippen LogP contribution in [0.3, 0.4) is 0 Å². The van der Waals surface area contributed by atoms with E-state index in [0.717, 1.165) is 5.56 Å². The van der Waals surface area contributed by atoms with Crippen LogP contribution in [-0.2, 0) is 6.42 Å². The number of fused-ring (bicyclic) bond motifs is 1. The van der Waals surface area contributed by atoms with Crippen LogP contribution in [0.1, 0.15) is 19.4 Å². The lowest BCUT2D eigenvalue weighted by Gasteiger charge is -2.15. The standard InChI is InChI=1S/C24H26O6/c1-14(2)7-8-15-19(26-3)10-9-16-23(25)18(13-30-24(15)16)17-11-21(28-5)22(29-6)12-20(17)27-4/h7,9-13H,8H2,1-6H3. The molecule has 3 rings (SSSR count). The molecule has 158 valence electrons. The second-order valence-corrected chi connectivity index (χ2v) is 6.99. The van der Waals surface area contributed by atoms with Crippen molar-refractivity contribution in [1.82, 2.24) is 0 Å². The largest absolute Gasteiger partial charge is 0.496 e. The van der Waals surface area contributed by atoms with Gasteiger partial charge in [-0.05, 0) is 38.5 Å². The minimum Gasteiger partial charge on any atom is -0.496 e. The van der Waals surface area contributed by atoms with Gasteiger partial charge in [-0.1, -0.05) is 11.6 Å². The highest BCUT2D eigenvalue weighted by molar-refractivity contribution is 5.87. The van der Waals surface area contributed by atoms with Crippen molar-refractivity contribution in [3.63, 3.8) is 0 Å². The maximum absolute atomic E-state index is 13.4. The Kier molecular flexibility index (Phi) is 6.35. The van der Waals surface area contributed by atoms with Crippen LogP contribution in [0.5, 0.6) is 23.0 Å². The molecule has 0 aliphatic rings. The van der Waals surface area contributed by atoms with Crippen molar-refractivity contribution in [1.29, 1.82) is 0 Å². The Labute approximate surface area is 175 Å². The Morgan fingerprint density at radius 2 is 1.50 bits per heavy atom. The smallest absolute Gasteiger partial charge is 0.200 e. The van der Waals surface area contributed by atoms with E-state index in [-0.39, 0.29) is 5.43 Å². The molecule has 0 amide bonds. The maximum Gasteiger partial charge on any atom is 0.200 e. The average Bonchev–Trinajstić information content (AvgIpc) is 2.76. The molecule has 1 heterocycles. The summed E-state index contributed by atoms with van der Waals surface area (Å²) in [4.78, 5) is 13.4. The van der Waals surface area contributed by atoms with Crippen molar-refractivity contribution in [2.75, 3.05) is 28.4 Å². The van der Waals surface area contributed by atoms with Crippen molar-refractivity contribution in [2.45, 2.75) is 20.3 Å². The fourth-order valence-corrected chi connectivity index (χ4v) is 3.36. The van der Waals surface area contributed by atoms with Gasteiger partial charge >= 0.3 is 0 Å². The van der Waals surface area contributed by atoms with Crippen molar-refractivity contribution in [2.24, 2.45) is 0 Å². The summed E-state index contributed by atoms with van der Waals surface area (Å²) < 4.78 is 27.7. The fraction of sp³-hybridized carbons (Fsp3) is 0.292. The van der Waals surface area contributed by atoms with Crippen LogP contribution in [0.4, 0.5) is 0 Å². The lowest BCUT2D eigenvalue weighted by Crippen LogP contribution is -2.08. The monoisotopic (exact) mass is 410 g/mol. The molecule has 0 radical (unpaired) electrons. The van der Waals surface area contributed by atoms with E-state index in [1.165, 1.54) is 18.9 Å². The highest BCUT2D eigenvalue weighted by Gasteiger charge is 2.19. The second kappa shape index (κ2) is 8.95. The first-order valence-corrected chi connectivity index (χ1v) is 9.50. The van der Waals surface area contributed by atoms with E-state index in [1.54, 1.807) is 45.6 Å². The Morgan fingerprint density at radius 1 is 0.867 bits per heavy atom. The van der Waals surface area contributed by atoms with Crippen LogP contribution in [-0.4, -0.2) is 28.4 Å². The van der Waals surface area contributed by atoms with E-state index in [9.17, 15) is 4.79 Å². The molecule has 0 spiro atoms. The highest BCUT2D eigenvalue weighted by Crippen LogP contribution is 2.40. The molecule has 0 atom stereocenters. The highest BCUT2D eigenvalue weighted by atomic mass is 16.5. The molecule has 1 aromatic heterocycles. The van der Waals surface area contributed by atoms with Crippen LogP contribution >= 0.6 is 0 Å². The number of methoxy groups -OCH3 is 4. The molecule has 30 heavy (non-hydrogen) atoms. The molecule has 6 nitrogen and oxygen atoms in total. The second-order valence-electron chi connectivity index (χ2n) is 6.99. The number of allylic oxidation sites excluding steroid dienone is 2. The van der Waals surface area contributed by atoms with E-state index >= 15 is 0 Å². The first kappa shape index (κ1) is 21.3. The van der Waals surface area contributed by atoms with Crippen molar-refractivity contribution < 1.29 is 23.4 Å². The van der Waals surface area contributed by atoms with Gasteiger partial charge in [-0.3, -0.25) is 4.79 Å². The minimum absolute atomic E-state index is 0.164. The van der Waals surface area contributed by atoms with E-state index in [1.807, 2.05) is 13.8 Å². The number of rotatable bonds is 7. The van der Waals surface area contributed by atoms with Gasteiger partial charge in [0.2, 0.25) is 5.43 Å². The summed E-state index contributed by atoms with van der Waals surface area (Å²) in [5.41, 5.74) is 3.29. The van der Waals surface area contributed by atoms with E-state index in [2.05, 4.69) is 6.08 Å². The molecule has 0 N–H and O–H groups in total. The Hall–Kier alpha value is -3.41. The van der Waals surface area contributed by atoms with E-state index in [4.69, 9.17) is 23.4 Å². The van der Waals surface area contributed by atoms with Gasteiger partial charge < -0.3 is 23.4 Å².